The number of carbonyl (C=O) groups excluding carboxylic acids is 2. The lowest BCUT2D eigenvalue weighted by atomic mass is 9.88. The van der Waals surface area contributed by atoms with Crippen LogP contribution in [0.25, 0.3) is 0 Å². The van der Waals surface area contributed by atoms with Crippen LogP contribution in [-0.4, -0.2) is 23.3 Å². The maximum absolute atomic E-state index is 13.1. The van der Waals surface area contributed by atoms with E-state index >= 15 is 0 Å². The molecule has 0 aliphatic carbocycles. The molecule has 1 heterocycles. The average molecular weight is 350 g/mol. The molecule has 0 fully saturated rings. The number of nitrogens with zero attached hydrogens (tertiary/aromatic N) is 1. The molecule has 0 bridgehead atoms. The fraction of sp³-hybridized carbons (Fsp3) is 0.364. The van der Waals surface area contributed by atoms with Crippen LogP contribution >= 0.6 is 0 Å². The molecule has 0 saturated heterocycles. The van der Waals surface area contributed by atoms with Crippen molar-refractivity contribution in [2.45, 2.75) is 40.7 Å². The zero-order valence-corrected chi connectivity index (χ0v) is 15.9. The van der Waals surface area contributed by atoms with Gasteiger partial charge in [-0.1, -0.05) is 30.3 Å². The maximum atomic E-state index is 13.1. The van der Waals surface area contributed by atoms with Crippen molar-refractivity contribution in [1.29, 1.82) is 0 Å². The van der Waals surface area contributed by atoms with E-state index in [2.05, 4.69) is 23.5 Å². The molecule has 2 aromatic rings. The van der Waals surface area contributed by atoms with Crippen molar-refractivity contribution in [3.05, 3.63) is 64.7 Å². The molecule has 26 heavy (non-hydrogen) atoms. The first-order valence-corrected chi connectivity index (χ1v) is 9.03. The van der Waals surface area contributed by atoms with Gasteiger partial charge in [0.1, 0.15) is 5.41 Å². The lowest BCUT2D eigenvalue weighted by Gasteiger charge is -2.34. The lowest BCUT2D eigenvalue weighted by molar-refractivity contribution is -0.147. The van der Waals surface area contributed by atoms with Gasteiger partial charge in [-0.15, -0.1) is 0 Å². The van der Waals surface area contributed by atoms with Gasteiger partial charge in [-0.25, -0.2) is 0 Å². The standard InChI is InChI=1S/C22H26N2O2/c1-15-11-16(2)13-19(12-15)23-20(25)22(3,4)21(26)24-10-9-17-7-5-6-8-18(17)14-24/h5-8,11-13H,9-10,14H2,1-4H3,(H,23,25). The second-order valence-corrected chi connectivity index (χ2v) is 7.70. The number of nitrogens with one attached hydrogen (secondary N) is 1. The molecule has 3 rings (SSSR count). The van der Waals surface area contributed by atoms with Gasteiger partial charge in [0.05, 0.1) is 0 Å². The Bertz CT molecular complexity index is 835. The maximum Gasteiger partial charge on any atom is 0.239 e. The number of aryl methyl sites for hydroxylation is 2. The first-order chi connectivity index (χ1) is 12.3. The third-order valence-corrected chi connectivity index (χ3v) is 5.00. The predicted molar refractivity (Wildman–Crippen MR) is 104 cm³/mol. The van der Waals surface area contributed by atoms with Crippen LogP contribution in [0, 0.1) is 19.3 Å². The highest BCUT2D eigenvalue weighted by atomic mass is 16.2. The molecule has 136 valence electrons. The molecule has 2 amide bonds. The van der Waals surface area contributed by atoms with Gasteiger partial charge in [0.25, 0.3) is 0 Å². The number of amides is 2. The molecule has 0 saturated carbocycles. The van der Waals surface area contributed by atoms with Crippen LogP contribution in [0.5, 0.6) is 0 Å². The molecule has 4 heteroatoms. The second-order valence-electron chi connectivity index (χ2n) is 7.70. The van der Waals surface area contributed by atoms with Gasteiger partial charge < -0.3 is 10.2 Å². The van der Waals surface area contributed by atoms with Crippen LogP contribution in [0.3, 0.4) is 0 Å². The van der Waals surface area contributed by atoms with Gasteiger partial charge in [0, 0.05) is 18.8 Å². The van der Waals surface area contributed by atoms with Crippen molar-refractivity contribution in [3.63, 3.8) is 0 Å². The third-order valence-electron chi connectivity index (χ3n) is 5.00. The molecule has 0 radical (unpaired) electrons. The zero-order valence-electron chi connectivity index (χ0n) is 15.9. The molecule has 0 atom stereocenters. The van der Waals surface area contributed by atoms with E-state index in [1.54, 1.807) is 18.7 Å². The first kappa shape index (κ1) is 18.2. The summed E-state index contributed by atoms with van der Waals surface area (Å²) in [6.45, 7) is 8.60. The van der Waals surface area contributed by atoms with E-state index in [4.69, 9.17) is 0 Å². The summed E-state index contributed by atoms with van der Waals surface area (Å²) in [5, 5.41) is 2.92. The number of anilines is 1. The number of fused-ring (bicyclic) bond motifs is 1. The summed E-state index contributed by atoms with van der Waals surface area (Å²) >= 11 is 0. The Morgan fingerprint density at radius 2 is 1.62 bits per heavy atom. The summed E-state index contributed by atoms with van der Waals surface area (Å²) in [4.78, 5) is 27.7. The summed E-state index contributed by atoms with van der Waals surface area (Å²) in [5.74, 6) is -0.403. The molecule has 0 spiro atoms. The van der Waals surface area contributed by atoms with E-state index in [9.17, 15) is 9.59 Å². The molecular weight excluding hydrogens is 324 g/mol. The van der Waals surface area contributed by atoms with Crippen molar-refractivity contribution in [1.82, 2.24) is 4.90 Å². The van der Waals surface area contributed by atoms with Crippen LogP contribution in [0.2, 0.25) is 0 Å². The van der Waals surface area contributed by atoms with Crippen molar-refractivity contribution in [2.24, 2.45) is 5.41 Å². The van der Waals surface area contributed by atoms with Crippen molar-refractivity contribution < 1.29 is 9.59 Å². The Morgan fingerprint density at radius 1 is 1.00 bits per heavy atom. The first-order valence-electron chi connectivity index (χ1n) is 9.03. The van der Waals surface area contributed by atoms with Gasteiger partial charge >= 0.3 is 0 Å². The fourth-order valence-corrected chi connectivity index (χ4v) is 3.50. The summed E-state index contributed by atoms with van der Waals surface area (Å²) in [6, 6.07) is 14.1. The highest BCUT2D eigenvalue weighted by Gasteiger charge is 2.40. The Balaban J connectivity index is 1.74. The largest absolute Gasteiger partial charge is 0.337 e. The second kappa shape index (κ2) is 6.94. The van der Waals surface area contributed by atoms with Crippen LogP contribution in [0.15, 0.2) is 42.5 Å². The number of hydrogen-bond acceptors (Lipinski definition) is 2. The summed E-state index contributed by atoms with van der Waals surface area (Å²) in [7, 11) is 0. The van der Waals surface area contributed by atoms with Gasteiger partial charge in [0.2, 0.25) is 11.8 Å². The quantitative estimate of drug-likeness (QED) is 0.855. The molecule has 1 aliphatic rings. The molecule has 1 N–H and O–H groups in total. The zero-order chi connectivity index (χ0) is 18.9. The van der Waals surface area contributed by atoms with E-state index in [0.717, 1.165) is 28.8 Å². The Hall–Kier alpha value is -2.62. The predicted octanol–water partition coefficient (Wildman–Crippen LogP) is 3.85. The smallest absolute Gasteiger partial charge is 0.239 e. The minimum atomic E-state index is -1.12. The van der Waals surface area contributed by atoms with Crippen molar-refractivity contribution in [3.8, 4) is 0 Å². The molecular formula is C22H26N2O2. The van der Waals surface area contributed by atoms with Gasteiger partial charge in [0.15, 0.2) is 0 Å². The van der Waals surface area contributed by atoms with E-state index in [-0.39, 0.29) is 11.8 Å². The number of hydrogen-bond donors (Lipinski definition) is 1. The molecule has 2 aromatic carbocycles. The number of carbonyl (C=O) groups is 2. The minimum Gasteiger partial charge on any atom is -0.337 e. The van der Waals surface area contributed by atoms with E-state index < -0.39 is 5.41 Å². The third kappa shape index (κ3) is 3.64. The Labute approximate surface area is 155 Å². The van der Waals surface area contributed by atoms with Gasteiger partial charge in [-0.05, 0) is 68.5 Å². The summed E-state index contributed by atoms with van der Waals surface area (Å²) in [5.41, 5.74) is 4.22. The van der Waals surface area contributed by atoms with E-state index in [0.29, 0.717) is 13.1 Å². The normalized spacial score (nSPS) is 13.9. The molecule has 1 aliphatic heterocycles. The van der Waals surface area contributed by atoms with E-state index in [1.165, 1.54) is 5.56 Å². The van der Waals surface area contributed by atoms with E-state index in [1.807, 2.05) is 38.1 Å². The topological polar surface area (TPSA) is 49.4 Å². The molecule has 0 aromatic heterocycles. The summed E-state index contributed by atoms with van der Waals surface area (Å²) < 4.78 is 0. The average Bonchev–Trinajstić information content (AvgIpc) is 2.59. The van der Waals surface area contributed by atoms with Gasteiger partial charge in [-0.3, -0.25) is 9.59 Å². The highest BCUT2D eigenvalue weighted by molar-refractivity contribution is 6.09. The van der Waals surface area contributed by atoms with Crippen LogP contribution < -0.4 is 5.32 Å². The molecule has 0 unspecified atom stereocenters. The Morgan fingerprint density at radius 3 is 2.27 bits per heavy atom. The van der Waals surface area contributed by atoms with Crippen molar-refractivity contribution >= 4 is 17.5 Å². The number of benzene rings is 2. The highest BCUT2D eigenvalue weighted by Crippen LogP contribution is 2.27. The van der Waals surface area contributed by atoms with Crippen molar-refractivity contribution in [2.75, 3.05) is 11.9 Å². The monoisotopic (exact) mass is 350 g/mol. The van der Waals surface area contributed by atoms with Crippen LogP contribution in [0.1, 0.15) is 36.1 Å². The SMILES string of the molecule is Cc1cc(C)cc(NC(=O)C(C)(C)C(=O)N2CCc3ccccc3C2)c1. The lowest BCUT2D eigenvalue weighted by Crippen LogP contribution is -2.48. The van der Waals surface area contributed by atoms with Crippen LogP contribution in [0.4, 0.5) is 5.69 Å². The fourth-order valence-electron chi connectivity index (χ4n) is 3.50. The van der Waals surface area contributed by atoms with Crippen LogP contribution in [-0.2, 0) is 22.6 Å². The Kier molecular flexibility index (Phi) is 4.86. The minimum absolute atomic E-state index is 0.131. The molecule has 4 nitrogen and oxygen atoms in total. The van der Waals surface area contributed by atoms with Gasteiger partial charge in [-0.2, -0.15) is 0 Å². The summed E-state index contributed by atoms with van der Waals surface area (Å²) in [6.07, 6.45) is 0.830. The number of rotatable bonds is 3.